The number of hydrogen-bond acceptors (Lipinski definition) is 2. The van der Waals surface area contributed by atoms with E-state index in [1.54, 1.807) is 12.2 Å². The van der Waals surface area contributed by atoms with Crippen LogP contribution in [-0.4, -0.2) is 11.0 Å². The Hall–Kier alpha value is -2.81. The fourth-order valence-corrected chi connectivity index (χ4v) is 3.45. The lowest BCUT2D eigenvalue weighted by molar-refractivity contribution is -0.119. The fraction of sp³-hybridized carbons (Fsp3) is 0.227. The maximum Gasteiger partial charge on any atom is 0.227 e. The molecule has 1 N–H and O–H groups in total. The van der Waals surface area contributed by atoms with Crippen molar-refractivity contribution in [3.8, 4) is 5.75 Å². The van der Waals surface area contributed by atoms with Gasteiger partial charge in [0.1, 0.15) is 5.75 Å². The smallest absolute Gasteiger partial charge is 0.227 e. The van der Waals surface area contributed by atoms with Gasteiger partial charge >= 0.3 is 0 Å². The Labute approximate surface area is 148 Å². The van der Waals surface area contributed by atoms with Gasteiger partial charge in [0.05, 0.1) is 6.54 Å². The molecule has 1 aliphatic heterocycles. The molecule has 0 saturated heterocycles. The largest absolute Gasteiger partial charge is 0.507 e. The molecule has 1 aliphatic rings. The van der Waals surface area contributed by atoms with Crippen molar-refractivity contribution in [2.75, 3.05) is 4.90 Å². The summed E-state index contributed by atoms with van der Waals surface area (Å²) in [5.74, 6) is 0.434. The first-order chi connectivity index (χ1) is 12.2. The second-order valence-corrected chi connectivity index (χ2v) is 6.31. The molecule has 0 spiro atoms. The Bertz CT molecular complexity index is 809. The monoisotopic (exact) mass is 333 g/mol. The Kier molecular flexibility index (Phi) is 5.03. The van der Waals surface area contributed by atoms with Crippen LogP contribution in [0, 0.1) is 0 Å². The number of hydrogen-bond donors (Lipinski definition) is 1. The topological polar surface area (TPSA) is 40.5 Å². The van der Waals surface area contributed by atoms with Crippen molar-refractivity contribution in [1.29, 1.82) is 0 Å². The number of benzene rings is 2. The van der Waals surface area contributed by atoms with Gasteiger partial charge in [0, 0.05) is 17.7 Å². The number of allylic oxidation sites excluding steroid dienone is 2. The lowest BCUT2D eigenvalue weighted by atomic mass is 9.90. The van der Waals surface area contributed by atoms with Crippen LogP contribution >= 0.6 is 0 Å². The highest BCUT2D eigenvalue weighted by Gasteiger charge is 2.28. The highest BCUT2D eigenvalue weighted by atomic mass is 16.3. The zero-order valence-electron chi connectivity index (χ0n) is 14.4. The number of carbonyl (C=O) groups is 1. The highest BCUT2D eigenvalue weighted by molar-refractivity contribution is 5.97. The van der Waals surface area contributed by atoms with Crippen molar-refractivity contribution in [2.24, 2.45) is 0 Å². The number of fused-ring (bicyclic) bond motifs is 1. The van der Waals surface area contributed by atoms with E-state index in [1.165, 1.54) is 0 Å². The summed E-state index contributed by atoms with van der Waals surface area (Å²) in [7, 11) is 0. The number of phenolic OH excluding ortho intramolecular Hbond substituents is 1. The molecule has 0 aromatic heterocycles. The molecule has 3 nitrogen and oxygen atoms in total. The highest BCUT2D eigenvalue weighted by Crippen LogP contribution is 2.39. The van der Waals surface area contributed by atoms with E-state index in [-0.39, 0.29) is 5.91 Å². The van der Waals surface area contributed by atoms with Gasteiger partial charge in [0.25, 0.3) is 0 Å². The first-order valence-corrected chi connectivity index (χ1v) is 8.58. The summed E-state index contributed by atoms with van der Waals surface area (Å²) in [5.41, 5.74) is 4.74. The van der Waals surface area contributed by atoms with E-state index in [9.17, 15) is 9.90 Å². The summed E-state index contributed by atoms with van der Waals surface area (Å²) in [5, 5.41) is 10.6. The van der Waals surface area contributed by atoms with Gasteiger partial charge in [-0.3, -0.25) is 4.79 Å². The number of carbonyl (C=O) groups excluding carboxylic acids is 1. The first kappa shape index (κ1) is 17.0. The average molecular weight is 333 g/mol. The lowest BCUT2D eigenvalue weighted by Gasteiger charge is -2.32. The van der Waals surface area contributed by atoms with Crippen LogP contribution in [0.5, 0.6) is 5.75 Å². The van der Waals surface area contributed by atoms with Gasteiger partial charge in [-0.15, -0.1) is 13.2 Å². The number of rotatable bonds is 6. The van der Waals surface area contributed by atoms with Gasteiger partial charge in [-0.25, -0.2) is 0 Å². The van der Waals surface area contributed by atoms with Gasteiger partial charge in [-0.1, -0.05) is 42.5 Å². The molecule has 128 valence electrons. The van der Waals surface area contributed by atoms with E-state index in [0.29, 0.717) is 38.0 Å². The van der Waals surface area contributed by atoms with E-state index >= 15 is 0 Å². The molecular formula is C22H23NO2. The Morgan fingerprint density at radius 1 is 1.08 bits per heavy atom. The number of anilines is 1. The van der Waals surface area contributed by atoms with Crippen LogP contribution in [0.15, 0.2) is 61.7 Å². The minimum Gasteiger partial charge on any atom is -0.507 e. The standard InChI is InChI=1S/C22H23NO2/c1-3-8-17-14-20-18(19(9-4-2)22(17)25)12-13-21(24)23(20)15-16-10-6-5-7-11-16/h3-7,10-11,14,25H,1-2,8-9,12-13,15H2. The Morgan fingerprint density at radius 3 is 2.48 bits per heavy atom. The van der Waals surface area contributed by atoms with Gasteiger partial charge in [0.15, 0.2) is 0 Å². The van der Waals surface area contributed by atoms with Gasteiger partial charge in [-0.05, 0) is 42.0 Å². The third-order valence-corrected chi connectivity index (χ3v) is 4.65. The Balaban J connectivity index is 2.11. The van der Waals surface area contributed by atoms with Crippen LogP contribution < -0.4 is 4.90 Å². The van der Waals surface area contributed by atoms with Crippen LogP contribution in [-0.2, 0) is 30.6 Å². The quantitative estimate of drug-likeness (QED) is 0.799. The van der Waals surface area contributed by atoms with E-state index in [1.807, 2.05) is 41.3 Å². The van der Waals surface area contributed by atoms with Crippen LogP contribution in [0.2, 0.25) is 0 Å². The molecule has 0 fully saturated rings. The van der Waals surface area contributed by atoms with Crippen molar-refractivity contribution in [3.05, 3.63) is 84.0 Å². The minimum atomic E-state index is 0.121. The molecule has 3 rings (SSSR count). The van der Waals surface area contributed by atoms with E-state index in [2.05, 4.69) is 13.2 Å². The number of aromatic hydroxyl groups is 1. The molecule has 0 unspecified atom stereocenters. The Morgan fingerprint density at radius 2 is 1.80 bits per heavy atom. The molecule has 0 aliphatic carbocycles. The van der Waals surface area contributed by atoms with Crippen LogP contribution in [0.3, 0.4) is 0 Å². The fourth-order valence-electron chi connectivity index (χ4n) is 3.45. The van der Waals surface area contributed by atoms with Gasteiger partial charge < -0.3 is 10.0 Å². The number of phenols is 1. The number of nitrogens with zero attached hydrogens (tertiary/aromatic N) is 1. The summed E-state index contributed by atoms with van der Waals surface area (Å²) in [6.45, 7) is 8.13. The number of amides is 1. The molecule has 0 atom stereocenters. The summed E-state index contributed by atoms with van der Waals surface area (Å²) < 4.78 is 0. The van der Waals surface area contributed by atoms with Crippen LogP contribution in [0.25, 0.3) is 0 Å². The molecule has 0 saturated carbocycles. The maximum atomic E-state index is 12.6. The molecule has 3 heteroatoms. The third-order valence-electron chi connectivity index (χ3n) is 4.65. The zero-order valence-corrected chi connectivity index (χ0v) is 14.4. The molecular weight excluding hydrogens is 310 g/mol. The van der Waals surface area contributed by atoms with Crippen molar-refractivity contribution in [3.63, 3.8) is 0 Å². The van der Waals surface area contributed by atoms with Crippen molar-refractivity contribution in [1.82, 2.24) is 0 Å². The van der Waals surface area contributed by atoms with E-state index in [0.717, 1.165) is 27.9 Å². The van der Waals surface area contributed by atoms with Crippen molar-refractivity contribution < 1.29 is 9.90 Å². The van der Waals surface area contributed by atoms with E-state index < -0.39 is 0 Å². The first-order valence-electron chi connectivity index (χ1n) is 8.58. The molecule has 0 radical (unpaired) electrons. The van der Waals surface area contributed by atoms with Crippen molar-refractivity contribution >= 4 is 11.6 Å². The van der Waals surface area contributed by atoms with Crippen LogP contribution in [0.1, 0.15) is 28.7 Å². The van der Waals surface area contributed by atoms with Crippen LogP contribution in [0.4, 0.5) is 5.69 Å². The molecule has 1 heterocycles. The zero-order chi connectivity index (χ0) is 17.8. The van der Waals surface area contributed by atoms with Crippen molar-refractivity contribution in [2.45, 2.75) is 32.2 Å². The third kappa shape index (κ3) is 3.36. The second kappa shape index (κ2) is 7.39. The minimum absolute atomic E-state index is 0.121. The maximum absolute atomic E-state index is 12.6. The summed E-state index contributed by atoms with van der Waals surface area (Å²) in [6, 6.07) is 11.9. The molecule has 2 aromatic carbocycles. The van der Waals surface area contributed by atoms with Gasteiger partial charge in [0.2, 0.25) is 5.91 Å². The second-order valence-electron chi connectivity index (χ2n) is 6.31. The predicted octanol–water partition coefficient (Wildman–Crippen LogP) is 4.33. The summed E-state index contributed by atoms with van der Waals surface area (Å²) in [6.07, 6.45) is 5.84. The average Bonchev–Trinajstić information content (AvgIpc) is 2.62. The summed E-state index contributed by atoms with van der Waals surface area (Å²) in [4.78, 5) is 14.4. The molecule has 0 bridgehead atoms. The molecule has 25 heavy (non-hydrogen) atoms. The molecule has 1 amide bonds. The lowest BCUT2D eigenvalue weighted by Crippen LogP contribution is -2.35. The van der Waals surface area contributed by atoms with E-state index in [4.69, 9.17) is 0 Å². The summed E-state index contributed by atoms with van der Waals surface area (Å²) >= 11 is 0. The SMILES string of the molecule is C=CCc1cc2c(c(CC=C)c1O)CCC(=O)N2Cc1ccccc1. The normalized spacial score (nSPS) is 13.4. The predicted molar refractivity (Wildman–Crippen MR) is 102 cm³/mol. The van der Waals surface area contributed by atoms with Gasteiger partial charge in [-0.2, -0.15) is 0 Å². The molecule has 2 aromatic rings.